The number of benzene rings is 10. The number of para-hydroxylation sites is 3. The number of hydrogen-bond donors (Lipinski definition) is 0. The van der Waals surface area contributed by atoms with Crippen molar-refractivity contribution in [3.05, 3.63) is 221 Å². The van der Waals surface area contributed by atoms with Crippen LogP contribution in [0.5, 0.6) is 0 Å². The predicted molar refractivity (Wildman–Crippen MR) is 301 cm³/mol. The first-order valence-corrected chi connectivity index (χ1v) is 25.7. The van der Waals surface area contributed by atoms with Crippen molar-refractivity contribution in [2.75, 3.05) is 4.90 Å². The fraction of sp³-hybridized carbons (Fsp3) is 0.130. The highest BCUT2D eigenvalue weighted by Crippen LogP contribution is 2.64. The molecule has 73 heavy (non-hydrogen) atoms. The summed E-state index contributed by atoms with van der Waals surface area (Å²) in [7, 11) is 0. The number of nitrogens with zero attached hydrogens (tertiary/aromatic N) is 1. The zero-order valence-electron chi connectivity index (χ0n) is 41.6. The van der Waals surface area contributed by atoms with Crippen molar-refractivity contribution in [1.29, 1.82) is 0 Å². The molecule has 3 aliphatic rings. The second kappa shape index (κ2) is 13.9. The van der Waals surface area contributed by atoms with Gasteiger partial charge in [0, 0.05) is 82.8 Å². The highest BCUT2D eigenvalue weighted by Gasteiger charge is 2.49. The first kappa shape index (κ1) is 41.1. The molecule has 0 spiro atoms. The van der Waals surface area contributed by atoms with E-state index in [0.717, 1.165) is 77.8 Å². The van der Waals surface area contributed by atoms with Crippen LogP contribution in [0.15, 0.2) is 201 Å². The van der Waals surface area contributed by atoms with Gasteiger partial charge in [0.05, 0.1) is 0 Å². The first-order chi connectivity index (χ1) is 35.5. The van der Waals surface area contributed by atoms with Crippen LogP contribution in [0, 0.1) is 0 Å². The summed E-state index contributed by atoms with van der Waals surface area (Å²) in [6, 6.07) is 68.6. The Morgan fingerprint density at radius 3 is 1.52 bits per heavy atom. The van der Waals surface area contributed by atoms with Crippen LogP contribution in [0.1, 0.15) is 74.9 Å². The first-order valence-electron chi connectivity index (χ1n) is 25.7. The van der Waals surface area contributed by atoms with Crippen molar-refractivity contribution in [3.63, 3.8) is 0 Å². The quantitative estimate of drug-likeness (QED) is 0.176. The standard InChI is InChI=1S/C69H49NO3/c1-67(2)51-34-39(29-32-45(51)58-53(67)37-49(38-18-8-7-9-19-38)65-60(58)47-22-12-16-26-55(47)72-65)70(41-28-31-43-42-20-11-15-25-54(42)71-57(43)36-41)40-30-33-46-52(35-40)69(5,6)64-62(46)66-61(48-23-13-17-27-56(48)73-66)59-44-21-10-14-24-50(44)68(3,4)63(59)64/h7-37H,1-6H3. The molecule has 3 aliphatic carbocycles. The Bertz CT molecular complexity index is 4590. The van der Waals surface area contributed by atoms with Gasteiger partial charge in [0.25, 0.3) is 0 Å². The molecule has 0 saturated carbocycles. The van der Waals surface area contributed by atoms with E-state index in [1.165, 1.54) is 82.9 Å². The summed E-state index contributed by atoms with van der Waals surface area (Å²) in [6.07, 6.45) is 0. The topological polar surface area (TPSA) is 42.7 Å². The molecule has 0 saturated heterocycles. The van der Waals surface area contributed by atoms with Gasteiger partial charge < -0.3 is 18.2 Å². The van der Waals surface area contributed by atoms with Gasteiger partial charge in [-0.1, -0.05) is 163 Å². The summed E-state index contributed by atoms with van der Waals surface area (Å²) in [5, 5.41) is 6.92. The van der Waals surface area contributed by atoms with Crippen molar-refractivity contribution >= 4 is 82.9 Å². The summed E-state index contributed by atoms with van der Waals surface area (Å²) >= 11 is 0. The van der Waals surface area contributed by atoms with E-state index in [1.807, 2.05) is 6.07 Å². The molecular formula is C69H49NO3. The van der Waals surface area contributed by atoms with E-state index in [4.69, 9.17) is 13.3 Å². The number of hydrogen-bond acceptors (Lipinski definition) is 4. The highest BCUT2D eigenvalue weighted by molar-refractivity contribution is 6.22. The zero-order valence-corrected chi connectivity index (χ0v) is 41.6. The molecule has 0 atom stereocenters. The number of rotatable bonds is 4. The van der Waals surface area contributed by atoms with Gasteiger partial charge in [-0.3, -0.25) is 0 Å². The van der Waals surface area contributed by atoms with E-state index >= 15 is 0 Å². The molecule has 0 bridgehead atoms. The van der Waals surface area contributed by atoms with Crippen LogP contribution in [-0.4, -0.2) is 0 Å². The molecule has 13 aromatic rings. The Hall–Kier alpha value is -8.60. The van der Waals surface area contributed by atoms with Crippen LogP contribution in [0.3, 0.4) is 0 Å². The predicted octanol–water partition coefficient (Wildman–Crippen LogP) is 19.4. The smallest absolute Gasteiger partial charge is 0.144 e. The van der Waals surface area contributed by atoms with Gasteiger partial charge in [-0.05, 0) is 127 Å². The third-order valence-corrected chi connectivity index (χ3v) is 17.4. The summed E-state index contributed by atoms with van der Waals surface area (Å²) in [4.78, 5) is 2.45. The lowest BCUT2D eigenvalue weighted by Crippen LogP contribution is -2.24. The van der Waals surface area contributed by atoms with Gasteiger partial charge in [-0.15, -0.1) is 0 Å². The molecule has 0 amide bonds. The lowest BCUT2D eigenvalue weighted by atomic mass is 9.72. The van der Waals surface area contributed by atoms with E-state index in [1.54, 1.807) is 0 Å². The maximum Gasteiger partial charge on any atom is 0.144 e. The van der Waals surface area contributed by atoms with Crippen molar-refractivity contribution in [3.8, 4) is 44.5 Å². The highest BCUT2D eigenvalue weighted by atomic mass is 16.3. The van der Waals surface area contributed by atoms with Gasteiger partial charge in [0.15, 0.2) is 0 Å². The van der Waals surface area contributed by atoms with Gasteiger partial charge in [0.2, 0.25) is 0 Å². The Morgan fingerprint density at radius 1 is 0.315 bits per heavy atom. The minimum absolute atomic E-state index is 0.232. The Labute approximate surface area is 422 Å². The van der Waals surface area contributed by atoms with Crippen LogP contribution >= 0.6 is 0 Å². The second-order valence-electron chi connectivity index (χ2n) is 22.3. The molecule has 0 aliphatic heterocycles. The molecule has 0 N–H and O–H groups in total. The summed E-state index contributed by atoms with van der Waals surface area (Å²) < 4.78 is 20.5. The Morgan fingerprint density at radius 2 is 0.808 bits per heavy atom. The maximum atomic E-state index is 7.08. The van der Waals surface area contributed by atoms with E-state index < -0.39 is 0 Å². The number of fused-ring (bicyclic) bond motifs is 22. The summed E-state index contributed by atoms with van der Waals surface area (Å²) in [5.41, 5.74) is 25.6. The molecular weight excluding hydrogens is 891 g/mol. The molecule has 3 heterocycles. The lowest BCUT2D eigenvalue weighted by Gasteiger charge is -2.32. The number of anilines is 3. The average Bonchev–Trinajstić information content (AvgIpc) is 4.35. The van der Waals surface area contributed by atoms with E-state index in [0.29, 0.717) is 0 Å². The van der Waals surface area contributed by atoms with Crippen molar-refractivity contribution < 1.29 is 13.3 Å². The van der Waals surface area contributed by atoms with Crippen molar-refractivity contribution in [2.24, 2.45) is 0 Å². The third kappa shape index (κ3) is 5.20. The molecule has 4 heteroatoms. The SMILES string of the molecule is CC1(C)c2cc(N(c3ccc4c(c3)C(C)(C)c3c5c(c6c(oc7ccccc76)c3-4)-c3ccccc3C5(C)C)c3ccc4c(c3)oc3ccccc34)ccc2-c2c1cc(-c1ccccc1)c1oc3ccccc3c21. The third-order valence-electron chi connectivity index (χ3n) is 17.4. The summed E-state index contributed by atoms with van der Waals surface area (Å²) in [6.45, 7) is 14.5. The summed E-state index contributed by atoms with van der Waals surface area (Å²) in [5.74, 6) is 0. The molecule has 348 valence electrons. The Kier molecular flexibility index (Phi) is 7.80. The van der Waals surface area contributed by atoms with Crippen LogP contribution < -0.4 is 4.90 Å². The van der Waals surface area contributed by atoms with Crippen LogP contribution in [0.2, 0.25) is 0 Å². The van der Waals surface area contributed by atoms with E-state index in [9.17, 15) is 0 Å². The van der Waals surface area contributed by atoms with E-state index in [2.05, 4.69) is 228 Å². The normalized spacial score (nSPS) is 15.3. The number of furan rings is 3. The van der Waals surface area contributed by atoms with Crippen LogP contribution in [0.4, 0.5) is 17.1 Å². The minimum Gasteiger partial charge on any atom is -0.456 e. The fourth-order valence-corrected chi connectivity index (χ4v) is 14.0. The molecule has 0 fully saturated rings. The molecule has 3 aromatic heterocycles. The molecule has 10 aromatic carbocycles. The van der Waals surface area contributed by atoms with Crippen molar-refractivity contribution in [2.45, 2.75) is 57.8 Å². The van der Waals surface area contributed by atoms with Crippen LogP contribution in [-0.2, 0) is 16.2 Å². The van der Waals surface area contributed by atoms with Gasteiger partial charge in [0.1, 0.15) is 33.5 Å². The molecule has 16 rings (SSSR count). The zero-order chi connectivity index (χ0) is 48.9. The average molecular weight is 940 g/mol. The second-order valence-corrected chi connectivity index (χ2v) is 22.3. The Balaban J connectivity index is 0.934. The van der Waals surface area contributed by atoms with Gasteiger partial charge in [-0.25, -0.2) is 0 Å². The minimum atomic E-state index is -0.373. The van der Waals surface area contributed by atoms with Gasteiger partial charge >= 0.3 is 0 Å². The van der Waals surface area contributed by atoms with Crippen LogP contribution in [0.25, 0.3) is 110 Å². The lowest BCUT2D eigenvalue weighted by molar-refractivity contribution is 0.600. The van der Waals surface area contributed by atoms with E-state index in [-0.39, 0.29) is 16.2 Å². The fourth-order valence-electron chi connectivity index (χ4n) is 14.0. The maximum absolute atomic E-state index is 7.08. The molecule has 0 unspecified atom stereocenters. The monoisotopic (exact) mass is 939 g/mol. The van der Waals surface area contributed by atoms with Crippen molar-refractivity contribution in [1.82, 2.24) is 0 Å². The molecule has 4 nitrogen and oxygen atoms in total. The largest absolute Gasteiger partial charge is 0.456 e. The molecule has 0 radical (unpaired) electrons. The van der Waals surface area contributed by atoms with Gasteiger partial charge in [-0.2, -0.15) is 0 Å².